The van der Waals surface area contributed by atoms with Crippen molar-refractivity contribution in [3.05, 3.63) is 151 Å². The van der Waals surface area contributed by atoms with Crippen molar-refractivity contribution in [2.45, 2.75) is 51.9 Å². The quantitative estimate of drug-likeness (QED) is 0.167. The molecule has 0 radical (unpaired) electrons. The molecule has 248 valence electrons. The number of fused-ring (bicyclic) bond motifs is 5. The van der Waals surface area contributed by atoms with Gasteiger partial charge in [0.1, 0.15) is 11.5 Å². The SMILES string of the molecule is Cc1ccccc1Oc1cc(N(c2ccccc2)c2ccc(-c3ccc4c(c3)sc3ccccc34)cc2)ccc1C1[C@@H]2CCC[C@H]1CC(C)C2. The molecule has 4 atom stereocenters. The zero-order chi connectivity index (χ0) is 33.6. The van der Waals surface area contributed by atoms with Crippen molar-refractivity contribution in [3.63, 3.8) is 0 Å². The van der Waals surface area contributed by atoms with Crippen molar-refractivity contribution in [2.75, 3.05) is 4.90 Å². The first-order valence-electron chi connectivity index (χ1n) is 18.3. The molecule has 0 saturated heterocycles. The van der Waals surface area contributed by atoms with E-state index in [4.69, 9.17) is 4.74 Å². The van der Waals surface area contributed by atoms with E-state index in [0.29, 0.717) is 5.92 Å². The highest BCUT2D eigenvalue weighted by atomic mass is 32.1. The highest BCUT2D eigenvalue weighted by Crippen LogP contribution is 2.54. The number of nitrogens with zero attached hydrogens (tertiary/aromatic N) is 1. The Balaban J connectivity index is 1.12. The van der Waals surface area contributed by atoms with Crippen LogP contribution in [0.5, 0.6) is 11.5 Å². The molecule has 2 aliphatic rings. The van der Waals surface area contributed by atoms with Gasteiger partial charge in [-0.05, 0) is 127 Å². The molecule has 0 spiro atoms. The van der Waals surface area contributed by atoms with Gasteiger partial charge < -0.3 is 9.64 Å². The summed E-state index contributed by atoms with van der Waals surface area (Å²) >= 11 is 1.87. The topological polar surface area (TPSA) is 12.5 Å². The molecule has 2 unspecified atom stereocenters. The number of aryl methyl sites for hydroxylation is 1. The Bertz CT molecular complexity index is 2270. The summed E-state index contributed by atoms with van der Waals surface area (Å²) < 4.78 is 9.63. The van der Waals surface area contributed by atoms with E-state index in [0.717, 1.165) is 51.9 Å². The second-order valence-corrected chi connectivity index (χ2v) is 15.8. The molecule has 0 N–H and O–H groups in total. The second kappa shape index (κ2) is 13.1. The van der Waals surface area contributed by atoms with Crippen LogP contribution in [0.3, 0.4) is 0 Å². The first-order chi connectivity index (χ1) is 24.6. The van der Waals surface area contributed by atoms with Crippen LogP contribution in [0.15, 0.2) is 140 Å². The normalized spacial score (nSPS) is 20.2. The van der Waals surface area contributed by atoms with Gasteiger partial charge in [-0.2, -0.15) is 0 Å². The summed E-state index contributed by atoms with van der Waals surface area (Å²) in [6.45, 7) is 4.60. The van der Waals surface area contributed by atoms with Crippen molar-refractivity contribution < 1.29 is 4.74 Å². The highest BCUT2D eigenvalue weighted by molar-refractivity contribution is 7.25. The smallest absolute Gasteiger partial charge is 0.133 e. The van der Waals surface area contributed by atoms with Crippen LogP contribution in [0.2, 0.25) is 0 Å². The summed E-state index contributed by atoms with van der Waals surface area (Å²) in [6, 6.07) is 50.9. The Morgan fingerprint density at radius 3 is 2.04 bits per heavy atom. The van der Waals surface area contributed by atoms with E-state index in [9.17, 15) is 0 Å². The summed E-state index contributed by atoms with van der Waals surface area (Å²) in [5, 5.41) is 2.67. The number of thiophene rings is 1. The fraction of sp³-hybridized carbons (Fsp3) is 0.234. The molecule has 2 nitrogen and oxygen atoms in total. The number of ether oxygens (including phenoxy) is 1. The third kappa shape index (κ3) is 5.78. The van der Waals surface area contributed by atoms with Crippen LogP contribution in [-0.2, 0) is 0 Å². The molecule has 7 aromatic rings. The summed E-state index contributed by atoms with van der Waals surface area (Å²) in [6.07, 6.45) is 6.67. The molecule has 2 bridgehead atoms. The predicted molar refractivity (Wildman–Crippen MR) is 213 cm³/mol. The van der Waals surface area contributed by atoms with Gasteiger partial charge in [0, 0.05) is 43.3 Å². The van der Waals surface area contributed by atoms with Gasteiger partial charge in [-0.3, -0.25) is 0 Å². The van der Waals surface area contributed by atoms with E-state index in [1.807, 2.05) is 11.3 Å². The van der Waals surface area contributed by atoms with Gasteiger partial charge in [0.25, 0.3) is 0 Å². The van der Waals surface area contributed by atoms with Crippen molar-refractivity contribution in [1.29, 1.82) is 0 Å². The van der Waals surface area contributed by atoms with Crippen molar-refractivity contribution in [2.24, 2.45) is 17.8 Å². The van der Waals surface area contributed by atoms with E-state index in [-0.39, 0.29) is 0 Å². The molecular formula is C47H43NOS. The Hall–Kier alpha value is -4.86. The summed E-state index contributed by atoms with van der Waals surface area (Å²) in [7, 11) is 0. The van der Waals surface area contributed by atoms with Gasteiger partial charge in [-0.1, -0.05) is 98.3 Å². The minimum atomic E-state index is 0.552. The maximum Gasteiger partial charge on any atom is 0.133 e. The summed E-state index contributed by atoms with van der Waals surface area (Å²) in [5.41, 5.74) is 8.37. The Labute approximate surface area is 300 Å². The van der Waals surface area contributed by atoms with Crippen LogP contribution in [0.25, 0.3) is 31.3 Å². The number of para-hydroxylation sites is 2. The Kier molecular flexibility index (Phi) is 8.17. The first-order valence-corrected chi connectivity index (χ1v) is 19.1. The third-order valence-corrected chi connectivity index (χ3v) is 12.5. The molecular weight excluding hydrogens is 627 g/mol. The van der Waals surface area contributed by atoms with Crippen LogP contribution < -0.4 is 9.64 Å². The maximum atomic E-state index is 6.96. The lowest BCUT2D eigenvalue weighted by Crippen LogP contribution is -2.34. The number of hydrogen-bond acceptors (Lipinski definition) is 3. The van der Waals surface area contributed by atoms with Gasteiger partial charge in [0.15, 0.2) is 0 Å². The highest BCUT2D eigenvalue weighted by Gasteiger charge is 2.41. The van der Waals surface area contributed by atoms with Crippen LogP contribution in [0.1, 0.15) is 56.1 Å². The zero-order valence-electron chi connectivity index (χ0n) is 28.9. The van der Waals surface area contributed by atoms with Crippen molar-refractivity contribution in [3.8, 4) is 22.6 Å². The number of benzene rings is 6. The number of anilines is 3. The van der Waals surface area contributed by atoms with E-state index >= 15 is 0 Å². The lowest BCUT2D eigenvalue weighted by atomic mass is 9.59. The molecule has 0 aliphatic heterocycles. The number of rotatable bonds is 7. The standard InChI is InChI=1S/C47H43NOS/c1-31-27-35-12-10-13-36(28-31)47(35)42-26-24-39(30-44(42)49-43-17-8-6-11-32(43)2)48(37-14-4-3-5-15-37)38-22-19-33(20-23-38)34-21-25-41-40-16-7-9-18-45(40)50-46(41)29-34/h3-9,11,14-26,29-31,35-36,47H,10,12-13,27-28H2,1-2H3/t31?,35-,36+,47?. The lowest BCUT2D eigenvalue weighted by molar-refractivity contribution is 0.110. The molecule has 2 aliphatic carbocycles. The van der Waals surface area contributed by atoms with Crippen LogP contribution in [0, 0.1) is 24.7 Å². The lowest BCUT2D eigenvalue weighted by Gasteiger charge is -2.46. The molecule has 1 heterocycles. The van der Waals surface area contributed by atoms with Crippen LogP contribution in [0.4, 0.5) is 17.1 Å². The minimum absolute atomic E-state index is 0.552. The van der Waals surface area contributed by atoms with Gasteiger partial charge in [-0.15, -0.1) is 11.3 Å². The van der Waals surface area contributed by atoms with Gasteiger partial charge in [0.2, 0.25) is 0 Å². The molecule has 2 fully saturated rings. The fourth-order valence-corrected chi connectivity index (χ4v) is 10.2. The fourth-order valence-electron chi connectivity index (χ4n) is 9.10. The second-order valence-electron chi connectivity index (χ2n) is 14.7. The van der Waals surface area contributed by atoms with E-state index in [1.54, 1.807) is 0 Å². The maximum absolute atomic E-state index is 6.96. The monoisotopic (exact) mass is 669 g/mol. The minimum Gasteiger partial charge on any atom is -0.457 e. The van der Waals surface area contributed by atoms with E-state index in [2.05, 4.69) is 158 Å². The van der Waals surface area contributed by atoms with Crippen molar-refractivity contribution >= 4 is 48.6 Å². The first kappa shape index (κ1) is 31.1. The number of hydrogen-bond donors (Lipinski definition) is 0. The molecule has 1 aromatic heterocycles. The molecule has 50 heavy (non-hydrogen) atoms. The van der Waals surface area contributed by atoms with Gasteiger partial charge >= 0.3 is 0 Å². The molecule has 9 rings (SSSR count). The summed E-state index contributed by atoms with van der Waals surface area (Å²) in [4.78, 5) is 2.37. The van der Waals surface area contributed by atoms with Gasteiger partial charge in [-0.25, -0.2) is 0 Å². The summed E-state index contributed by atoms with van der Waals surface area (Å²) in [5.74, 6) is 4.76. The largest absolute Gasteiger partial charge is 0.457 e. The predicted octanol–water partition coefficient (Wildman–Crippen LogP) is 14.2. The van der Waals surface area contributed by atoms with E-state index in [1.165, 1.54) is 69.0 Å². The van der Waals surface area contributed by atoms with Crippen LogP contribution >= 0.6 is 11.3 Å². The van der Waals surface area contributed by atoms with Crippen LogP contribution in [-0.4, -0.2) is 0 Å². The van der Waals surface area contributed by atoms with Crippen molar-refractivity contribution in [1.82, 2.24) is 0 Å². The molecule has 3 heteroatoms. The molecule has 6 aromatic carbocycles. The average Bonchev–Trinajstić information content (AvgIpc) is 3.51. The average molecular weight is 670 g/mol. The van der Waals surface area contributed by atoms with Gasteiger partial charge in [0.05, 0.1) is 0 Å². The molecule has 0 amide bonds. The zero-order valence-corrected chi connectivity index (χ0v) is 29.7. The Morgan fingerprint density at radius 2 is 1.24 bits per heavy atom. The third-order valence-electron chi connectivity index (χ3n) is 11.4. The van der Waals surface area contributed by atoms with E-state index < -0.39 is 0 Å². The molecule has 2 saturated carbocycles. The Morgan fingerprint density at radius 1 is 0.580 bits per heavy atom.